The first-order chi connectivity index (χ1) is 9.08. The second-order valence-electron chi connectivity index (χ2n) is 3.71. The highest BCUT2D eigenvalue weighted by Crippen LogP contribution is 2.40. The van der Waals surface area contributed by atoms with Crippen LogP contribution in [-0.4, -0.2) is 35.0 Å². The van der Waals surface area contributed by atoms with Crippen molar-refractivity contribution in [1.29, 1.82) is 0 Å². The smallest absolute Gasteiger partial charge is 0.304 e. The van der Waals surface area contributed by atoms with Crippen LogP contribution in [0.25, 0.3) is 0 Å². The van der Waals surface area contributed by atoms with Gasteiger partial charge in [0.05, 0.1) is 22.3 Å². The number of rotatable bonds is 5. The van der Waals surface area contributed by atoms with Crippen molar-refractivity contribution in [2.45, 2.75) is 11.3 Å². The average Bonchev–Trinajstić information content (AvgIpc) is 2.37. The minimum Gasteiger partial charge on any atom is -0.486 e. The van der Waals surface area contributed by atoms with E-state index in [9.17, 15) is 14.9 Å². The number of ether oxygens (including phenoxy) is 2. The Labute approximate surface area is 112 Å². The van der Waals surface area contributed by atoms with E-state index >= 15 is 0 Å². The number of nitro groups is 1. The van der Waals surface area contributed by atoms with Gasteiger partial charge >= 0.3 is 5.97 Å². The van der Waals surface area contributed by atoms with E-state index in [-0.39, 0.29) is 17.9 Å². The fourth-order valence-corrected chi connectivity index (χ4v) is 2.53. The van der Waals surface area contributed by atoms with E-state index in [2.05, 4.69) is 0 Å². The lowest BCUT2D eigenvalue weighted by atomic mass is 10.2. The molecule has 1 aliphatic heterocycles. The number of hydrogen-bond acceptors (Lipinski definition) is 6. The molecule has 1 N–H and O–H groups in total. The summed E-state index contributed by atoms with van der Waals surface area (Å²) in [6.07, 6.45) is -0.0593. The molecular weight excluding hydrogens is 274 g/mol. The number of aliphatic carboxylic acids is 1. The fraction of sp³-hybridized carbons (Fsp3) is 0.364. The van der Waals surface area contributed by atoms with Crippen molar-refractivity contribution in [3.05, 3.63) is 22.2 Å². The van der Waals surface area contributed by atoms with Gasteiger partial charge in [0.1, 0.15) is 13.2 Å². The van der Waals surface area contributed by atoms with Crippen LogP contribution in [0, 0.1) is 10.1 Å². The number of carbonyl (C=O) groups is 1. The Hall–Kier alpha value is -1.96. The number of thioether (sulfide) groups is 1. The zero-order chi connectivity index (χ0) is 13.8. The highest BCUT2D eigenvalue weighted by atomic mass is 32.2. The van der Waals surface area contributed by atoms with E-state index in [1.807, 2.05) is 0 Å². The van der Waals surface area contributed by atoms with E-state index < -0.39 is 10.9 Å². The van der Waals surface area contributed by atoms with E-state index in [4.69, 9.17) is 14.6 Å². The molecule has 0 amide bonds. The molecule has 19 heavy (non-hydrogen) atoms. The summed E-state index contributed by atoms with van der Waals surface area (Å²) in [4.78, 5) is 21.3. The lowest BCUT2D eigenvalue weighted by molar-refractivity contribution is -0.387. The molecule has 0 aromatic heterocycles. The van der Waals surface area contributed by atoms with Crippen molar-refractivity contribution in [2.24, 2.45) is 0 Å². The van der Waals surface area contributed by atoms with Gasteiger partial charge in [-0.2, -0.15) is 0 Å². The molecule has 102 valence electrons. The van der Waals surface area contributed by atoms with Crippen LogP contribution >= 0.6 is 11.8 Å². The summed E-state index contributed by atoms with van der Waals surface area (Å²) in [6.45, 7) is 0.750. The quantitative estimate of drug-likeness (QED) is 0.501. The van der Waals surface area contributed by atoms with Crippen LogP contribution in [-0.2, 0) is 4.79 Å². The Bertz CT molecular complexity index is 518. The van der Waals surface area contributed by atoms with E-state index in [1.165, 1.54) is 12.1 Å². The van der Waals surface area contributed by atoms with Crippen LogP contribution in [0.5, 0.6) is 11.5 Å². The standard InChI is InChI=1S/C11H11NO6S/c13-11(14)1-4-19-10-6-9-8(17-2-3-18-9)5-7(10)12(15)16/h5-6H,1-4H2,(H,13,14). The lowest BCUT2D eigenvalue weighted by Crippen LogP contribution is -2.15. The van der Waals surface area contributed by atoms with Crippen LogP contribution in [0.1, 0.15) is 6.42 Å². The molecule has 0 saturated carbocycles. The maximum Gasteiger partial charge on any atom is 0.304 e. The molecule has 1 aliphatic rings. The molecule has 1 heterocycles. The van der Waals surface area contributed by atoms with Gasteiger partial charge in [0.2, 0.25) is 0 Å². The van der Waals surface area contributed by atoms with Crippen LogP contribution in [0.15, 0.2) is 17.0 Å². The van der Waals surface area contributed by atoms with Gasteiger partial charge in [-0.1, -0.05) is 0 Å². The van der Waals surface area contributed by atoms with Crippen LogP contribution in [0.3, 0.4) is 0 Å². The van der Waals surface area contributed by atoms with Gasteiger partial charge < -0.3 is 14.6 Å². The highest BCUT2D eigenvalue weighted by molar-refractivity contribution is 7.99. The summed E-state index contributed by atoms with van der Waals surface area (Å²) in [7, 11) is 0. The number of carboxylic acids is 1. The number of fused-ring (bicyclic) bond motifs is 1. The number of benzene rings is 1. The largest absolute Gasteiger partial charge is 0.486 e. The van der Waals surface area contributed by atoms with E-state index in [1.54, 1.807) is 0 Å². The number of carboxylic acid groups (broad SMARTS) is 1. The van der Waals surface area contributed by atoms with Gasteiger partial charge in [0.15, 0.2) is 11.5 Å². The third kappa shape index (κ3) is 3.28. The van der Waals surface area contributed by atoms with Crippen LogP contribution < -0.4 is 9.47 Å². The summed E-state index contributed by atoms with van der Waals surface area (Å²) in [6, 6.07) is 2.84. The third-order valence-electron chi connectivity index (χ3n) is 2.39. The molecule has 8 heteroatoms. The molecule has 0 bridgehead atoms. The molecule has 2 rings (SSSR count). The van der Waals surface area contributed by atoms with Crippen molar-refractivity contribution >= 4 is 23.4 Å². The minimum absolute atomic E-state index is 0.0593. The first-order valence-corrected chi connectivity index (χ1v) is 6.49. The molecule has 0 aliphatic carbocycles. The van der Waals surface area contributed by atoms with Crippen molar-refractivity contribution in [1.82, 2.24) is 0 Å². The molecule has 1 aromatic carbocycles. The Morgan fingerprint density at radius 1 is 1.37 bits per heavy atom. The lowest BCUT2D eigenvalue weighted by Gasteiger charge is -2.18. The van der Waals surface area contributed by atoms with E-state index in [0.717, 1.165) is 11.8 Å². The maximum atomic E-state index is 11.0. The molecule has 7 nitrogen and oxygen atoms in total. The monoisotopic (exact) mass is 285 g/mol. The molecule has 0 spiro atoms. The summed E-state index contributed by atoms with van der Waals surface area (Å²) in [5.74, 6) is 0.124. The van der Waals surface area contributed by atoms with Gasteiger partial charge in [0.25, 0.3) is 5.69 Å². The zero-order valence-electron chi connectivity index (χ0n) is 9.83. The second kappa shape index (κ2) is 5.79. The molecule has 0 fully saturated rings. The normalized spacial score (nSPS) is 13.1. The maximum absolute atomic E-state index is 11.0. The SMILES string of the molecule is O=C(O)CCSc1cc2c(cc1[N+](=O)[O-])OCCO2. The van der Waals surface area contributed by atoms with E-state index in [0.29, 0.717) is 29.6 Å². The Morgan fingerprint density at radius 3 is 2.58 bits per heavy atom. The third-order valence-corrected chi connectivity index (χ3v) is 3.44. The van der Waals surface area contributed by atoms with Crippen LogP contribution in [0.4, 0.5) is 5.69 Å². The Balaban J connectivity index is 2.24. The summed E-state index contributed by atoms with van der Waals surface area (Å²) in [5.41, 5.74) is -0.0976. The molecule has 1 aromatic rings. The topological polar surface area (TPSA) is 98.9 Å². The molecule has 0 saturated heterocycles. The van der Waals surface area contributed by atoms with Crippen molar-refractivity contribution in [3.8, 4) is 11.5 Å². The molecule has 0 unspecified atom stereocenters. The van der Waals surface area contributed by atoms with Gasteiger partial charge in [-0.05, 0) is 0 Å². The molecule has 0 radical (unpaired) electrons. The van der Waals surface area contributed by atoms with Gasteiger partial charge in [-0.15, -0.1) is 11.8 Å². The predicted octanol–water partition coefficient (Wildman–Crippen LogP) is 1.93. The average molecular weight is 285 g/mol. The summed E-state index contributed by atoms with van der Waals surface area (Å²) in [5, 5.41) is 19.6. The van der Waals surface area contributed by atoms with Crippen molar-refractivity contribution < 1.29 is 24.3 Å². The van der Waals surface area contributed by atoms with Crippen molar-refractivity contribution in [2.75, 3.05) is 19.0 Å². The number of hydrogen-bond donors (Lipinski definition) is 1. The number of nitro benzene ring substituents is 1. The summed E-state index contributed by atoms with van der Waals surface area (Å²) < 4.78 is 10.6. The molecule has 0 atom stereocenters. The van der Waals surface area contributed by atoms with Crippen molar-refractivity contribution in [3.63, 3.8) is 0 Å². The first kappa shape index (κ1) is 13.5. The second-order valence-corrected chi connectivity index (χ2v) is 4.85. The predicted molar refractivity (Wildman–Crippen MR) is 67.1 cm³/mol. The first-order valence-electron chi connectivity index (χ1n) is 5.50. The summed E-state index contributed by atoms with van der Waals surface area (Å²) >= 11 is 1.12. The number of nitrogens with zero attached hydrogens (tertiary/aromatic N) is 1. The highest BCUT2D eigenvalue weighted by Gasteiger charge is 2.22. The van der Waals surface area contributed by atoms with Crippen LogP contribution in [0.2, 0.25) is 0 Å². The minimum atomic E-state index is -0.937. The Morgan fingerprint density at radius 2 is 2.00 bits per heavy atom. The zero-order valence-corrected chi connectivity index (χ0v) is 10.6. The molecular formula is C11H11NO6S. The Kier molecular flexibility index (Phi) is 4.10. The van der Waals surface area contributed by atoms with Gasteiger partial charge in [-0.25, -0.2) is 0 Å². The van der Waals surface area contributed by atoms with Gasteiger partial charge in [0, 0.05) is 11.8 Å². The fourth-order valence-electron chi connectivity index (χ4n) is 1.57. The van der Waals surface area contributed by atoms with Gasteiger partial charge in [-0.3, -0.25) is 14.9 Å².